The van der Waals surface area contributed by atoms with Crippen LogP contribution in [0.25, 0.3) is 16.7 Å². The third-order valence-electron chi connectivity index (χ3n) is 5.19. The number of hydrogen-bond acceptors (Lipinski definition) is 6. The minimum atomic E-state index is -3.22. The number of aromatic amines is 1. The van der Waals surface area contributed by atoms with Crippen LogP contribution in [0.15, 0.2) is 41.6 Å². The quantitative estimate of drug-likeness (QED) is 0.632. The Morgan fingerprint density at radius 2 is 1.93 bits per heavy atom. The summed E-state index contributed by atoms with van der Waals surface area (Å²) in [4.78, 5) is 30.6. The highest BCUT2D eigenvalue weighted by molar-refractivity contribution is 7.92. The third kappa shape index (κ3) is 4.07. The summed E-state index contributed by atoms with van der Waals surface area (Å²) in [5, 5.41) is 7.00. The van der Waals surface area contributed by atoms with Gasteiger partial charge in [-0.15, -0.1) is 0 Å². The van der Waals surface area contributed by atoms with Crippen LogP contribution in [0.3, 0.4) is 0 Å². The molecule has 0 unspecified atom stereocenters. The molecule has 2 aromatic heterocycles. The van der Waals surface area contributed by atoms with E-state index in [4.69, 9.17) is 0 Å². The molecule has 9 nitrogen and oxygen atoms in total. The van der Waals surface area contributed by atoms with E-state index in [1.54, 1.807) is 24.3 Å². The van der Waals surface area contributed by atoms with Crippen molar-refractivity contribution in [3.8, 4) is 5.69 Å². The van der Waals surface area contributed by atoms with Crippen molar-refractivity contribution in [1.82, 2.24) is 19.7 Å². The van der Waals surface area contributed by atoms with Gasteiger partial charge in [0.2, 0.25) is 5.91 Å². The van der Waals surface area contributed by atoms with Gasteiger partial charge in [0, 0.05) is 12.1 Å². The summed E-state index contributed by atoms with van der Waals surface area (Å²) in [6, 6.07) is 6.86. The monoisotopic (exact) mass is 415 g/mol. The standard InChI is InChI=1S/C19H21N5O4S/c25-17(9-10-29(27,28)15-3-1-2-4-15)23-13-5-7-14(8-6-13)24-18-16(11-22-24)19(26)21-12-20-18/h5-8,11-12,15H,1-4,9-10H2,(H,23,25)(H,20,21,26). The van der Waals surface area contributed by atoms with Crippen molar-refractivity contribution in [2.75, 3.05) is 11.1 Å². The highest BCUT2D eigenvalue weighted by Crippen LogP contribution is 2.25. The van der Waals surface area contributed by atoms with Crippen molar-refractivity contribution in [3.63, 3.8) is 0 Å². The fraction of sp³-hybridized carbons (Fsp3) is 0.368. The SMILES string of the molecule is O=C(CCS(=O)(=O)C1CCCC1)Nc1ccc(-n2ncc3c(=O)[nH]cnc32)cc1. The molecule has 0 spiro atoms. The maximum absolute atomic E-state index is 12.3. The van der Waals surface area contributed by atoms with Gasteiger partial charge in [-0.1, -0.05) is 12.8 Å². The van der Waals surface area contributed by atoms with E-state index in [9.17, 15) is 18.0 Å². The molecule has 0 saturated heterocycles. The molecule has 0 bridgehead atoms. The minimum absolute atomic E-state index is 0.0585. The smallest absolute Gasteiger partial charge is 0.261 e. The number of hydrogen-bond donors (Lipinski definition) is 2. The van der Waals surface area contributed by atoms with Crippen molar-refractivity contribution in [2.24, 2.45) is 0 Å². The molecular formula is C19H21N5O4S. The number of anilines is 1. The van der Waals surface area contributed by atoms with Crippen molar-refractivity contribution >= 4 is 32.5 Å². The molecule has 29 heavy (non-hydrogen) atoms. The lowest BCUT2D eigenvalue weighted by Gasteiger charge is -2.11. The first kappa shape index (κ1) is 19.3. The molecule has 2 N–H and O–H groups in total. The highest BCUT2D eigenvalue weighted by Gasteiger charge is 2.28. The van der Waals surface area contributed by atoms with E-state index in [1.165, 1.54) is 17.2 Å². The summed E-state index contributed by atoms with van der Waals surface area (Å²) < 4.78 is 26.1. The van der Waals surface area contributed by atoms with E-state index in [-0.39, 0.29) is 28.9 Å². The van der Waals surface area contributed by atoms with Gasteiger partial charge >= 0.3 is 0 Å². The molecule has 0 atom stereocenters. The number of nitrogens with zero attached hydrogens (tertiary/aromatic N) is 3. The van der Waals surface area contributed by atoms with Crippen LogP contribution in [0.2, 0.25) is 0 Å². The van der Waals surface area contributed by atoms with E-state index in [0.29, 0.717) is 35.2 Å². The van der Waals surface area contributed by atoms with Gasteiger partial charge in [0.05, 0.1) is 29.2 Å². The summed E-state index contributed by atoms with van der Waals surface area (Å²) >= 11 is 0. The average molecular weight is 415 g/mol. The number of carbonyl (C=O) groups excluding carboxylic acids is 1. The molecule has 0 aliphatic heterocycles. The number of nitrogens with one attached hydrogen (secondary N) is 2. The van der Waals surface area contributed by atoms with Crippen LogP contribution >= 0.6 is 0 Å². The van der Waals surface area contributed by atoms with E-state index in [2.05, 4.69) is 20.4 Å². The van der Waals surface area contributed by atoms with Crippen LogP contribution < -0.4 is 10.9 Å². The van der Waals surface area contributed by atoms with Crippen LogP contribution in [-0.4, -0.2) is 45.1 Å². The van der Waals surface area contributed by atoms with Crippen LogP contribution in [0.4, 0.5) is 5.69 Å². The molecule has 0 radical (unpaired) electrons. The van der Waals surface area contributed by atoms with Gasteiger partial charge in [0.15, 0.2) is 15.5 Å². The molecule has 1 amide bonds. The number of benzene rings is 1. The zero-order chi connectivity index (χ0) is 20.4. The lowest BCUT2D eigenvalue weighted by atomic mass is 10.2. The summed E-state index contributed by atoms with van der Waals surface area (Å²) in [5.41, 5.74) is 1.40. The number of H-pyrrole nitrogens is 1. The molecular weight excluding hydrogens is 394 g/mol. The number of fused-ring (bicyclic) bond motifs is 1. The Balaban J connectivity index is 1.41. The summed E-state index contributed by atoms with van der Waals surface area (Å²) in [6.45, 7) is 0. The Morgan fingerprint density at radius 3 is 2.66 bits per heavy atom. The van der Waals surface area contributed by atoms with E-state index >= 15 is 0 Å². The zero-order valence-electron chi connectivity index (χ0n) is 15.7. The molecule has 1 saturated carbocycles. The maximum atomic E-state index is 12.3. The fourth-order valence-corrected chi connectivity index (χ4v) is 5.46. The summed E-state index contributed by atoms with van der Waals surface area (Å²) in [7, 11) is -3.22. The van der Waals surface area contributed by atoms with Gasteiger partial charge in [0.25, 0.3) is 5.56 Å². The molecule has 1 fully saturated rings. The van der Waals surface area contributed by atoms with Gasteiger partial charge in [-0.25, -0.2) is 18.1 Å². The second-order valence-electron chi connectivity index (χ2n) is 7.14. The fourth-order valence-electron chi connectivity index (χ4n) is 3.60. The molecule has 2 heterocycles. The van der Waals surface area contributed by atoms with Gasteiger partial charge < -0.3 is 10.3 Å². The van der Waals surface area contributed by atoms with Gasteiger partial charge in [-0.3, -0.25) is 9.59 Å². The predicted octanol–water partition coefficient (Wildman–Crippen LogP) is 1.79. The lowest BCUT2D eigenvalue weighted by molar-refractivity contribution is -0.115. The first-order valence-corrected chi connectivity index (χ1v) is 11.2. The Morgan fingerprint density at radius 1 is 1.21 bits per heavy atom. The topological polar surface area (TPSA) is 127 Å². The van der Waals surface area contributed by atoms with Crippen molar-refractivity contribution in [1.29, 1.82) is 0 Å². The Labute approximate surface area is 167 Å². The lowest BCUT2D eigenvalue weighted by Crippen LogP contribution is -2.24. The molecule has 10 heteroatoms. The van der Waals surface area contributed by atoms with Crippen LogP contribution in [0.5, 0.6) is 0 Å². The second kappa shape index (κ2) is 7.78. The van der Waals surface area contributed by atoms with Crippen LogP contribution in [-0.2, 0) is 14.6 Å². The van der Waals surface area contributed by atoms with Gasteiger partial charge in [0.1, 0.15) is 5.39 Å². The highest BCUT2D eigenvalue weighted by atomic mass is 32.2. The van der Waals surface area contributed by atoms with Gasteiger partial charge in [-0.05, 0) is 37.1 Å². The van der Waals surface area contributed by atoms with E-state index in [0.717, 1.165) is 12.8 Å². The summed E-state index contributed by atoms with van der Waals surface area (Å²) in [5.74, 6) is -0.460. The van der Waals surface area contributed by atoms with Crippen LogP contribution in [0.1, 0.15) is 32.1 Å². The van der Waals surface area contributed by atoms with Crippen molar-refractivity contribution in [3.05, 3.63) is 47.1 Å². The first-order chi connectivity index (χ1) is 13.9. The zero-order valence-corrected chi connectivity index (χ0v) is 16.5. The van der Waals surface area contributed by atoms with E-state index < -0.39 is 9.84 Å². The van der Waals surface area contributed by atoms with Gasteiger partial charge in [-0.2, -0.15) is 5.10 Å². The Kier molecular flexibility index (Phi) is 5.18. The van der Waals surface area contributed by atoms with E-state index in [1.807, 2.05) is 0 Å². The molecule has 152 valence electrons. The summed E-state index contributed by atoms with van der Waals surface area (Å²) in [6.07, 6.45) is 5.99. The number of sulfone groups is 1. The Bertz CT molecular complexity index is 1190. The second-order valence-corrected chi connectivity index (χ2v) is 9.54. The largest absolute Gasteiger partial charge is 0.326 e. The number of amides is 1. The third-order valence-corrected chi connectivity index (χ3v) is 7.45. The predicted molar refractivity (Wildman–Crippen MR) is 109 cm³/mol. The molecule has 1 aromatic carbocycles. The number of rotatable bonds is 6. The first-order valence-electron chi connectivity index (χ1n) is 9.47. The normalized spacial score (nSPS) is 15.0. The molecule has 4 rings (SSSR count). The van der Waals surface area contributed by atoms with Crippen LogP contribution in [0, 0.1) is 0 Å². The number of aromatic nitrogens is 4. The molecule has 1 aliphatic carbocycles. The molecule has 3 aromatic rings. The van der Waals surface area contributed by atoms with Crippen molar-refractivity contribution in [2.45, 2.75) is 37.4 Å². The minimum Gasteiger partial charge on any atom is -0.326 e. The van der Waals surface area contributed by atoms with Crippen molar-refractivity contribution < 1.29 is 13.2 Å². The molecule has 1 aliphatic rings. The maximum Gasteiger partial charge on any atom is 0.261 e. The number of carbonyl (C=O) groups is 1. The average Bonchev–Trinajstić information content (AvgIpc) is 3.38. The Hall–Kier alpha value is -3.01.